The molecule has 0 aliphatic rings. The normalized spacial score (nSPS) is 12.2. The van der Waals surface area contributed by atoms with Crippen molar-refractivity contribution >= 4 is 5.69 Å². The minimum Gasteiger partial charge on any atom is -0.379 e. The Hall–Kier alpha value is -2.11. The van der Waals surface area contributed by atoms with Gasteiger partial charge < -0.3 is 5.32 Å². The molecule has 1 N–H and O–H groups in total. The smallest absolute Gasteiger partial charge is 0.379 e. The summed E-state index contributed by atoms with van der Waals surface area (Å²) >= 11 is 0. The fourth-order valence-corrected chi connectivity index (χ4v) is 1.77. The van der Waals surface area contributed by atoms with Crippen molar-refractivity contribution in [3.05, 3.63) is 65.7 Å². The molecule has 0 saturated heterocycles. The van der Waals surface area contributed by atoms with Gasteiger partial charge in [-0.3, -0.25) is 0 Å². The fourth-order valence-electron chi connectivity index (χ4n) is 1.77. The summed E-state index contributed by atoms with van der Waals surface area (Å²) in [7, 11) is 0. The molecule has 0 bridgehead atoms. The highest BCUT2D eigenvalue weighted by Gasteiger charge is 2.32. The predicted octanol–water partition coefficient (Wildman–Crippen LogP) is 4.91. The molecule has 0 atom stereocenters. The molecule has 0 aliphatic heterocycles. The first-order chi connectivity index (χ1) is 9.79. The van der Waals surface area contributed by atoms with Gasteiger partial charge in [-0.2, -0.15) is 22.0 Å². The maximum Gasteiger partial charge on any atom is 0.416 e. The van der Waals surface area contributed by atoms with Gasteiger partial charge in [0.1, 0.15) is 0 Å². The van der Waals surface area contributed by atoms with Gasteiger partial charge in [-0.25, -0.2) is 0 Å². The molecule has 2 aromatic carbocycles. The van der Waals surface area contributed by atoms with Crippen LogP contribution < -0.4 is 5.32 Å². The van der Waals surface area contributed by atoms with Crippen LogP contribution in [0.5, 0.6) is 0 Å². The van der Waals surface area contributed by atoms with Gasteiger partial charge in [0.2, 0.25) is 0 Å². The Balaban J connectivity index is 2.03. The van der Waals surface area contributed by atoms with Crippen LogP contribution in [-0.4, -0.2) is 6.54 Å². The van der Waals surface area contributed by atoms with Crippen LogP contribution in [-0.2, 0) is 12.1 Å². The van der Waals surface area contributed by atoms with Crippen LogP contribution in [0.1, 0.15) is 11.1 Å². The number of hydrogen-bond acceptors (Lipinski definition) is 1. The lowest BCUT2D eigenvalue weighted by molar-refractivity contribution is -0.137. The van der Waals surface area contributed by atoms with Crippen molar-refractivity contribution in [2.75, 3.05) is 11.9 Å². The molecular formula is C15H12F5N. The predicted molar refractivity (Wildman–Crippen MR) is 70.3 cm³/mol. The largest absolute Gasteiger partial charge is 0.416 e. The zero-order valence-electron chi connectivity index (χ0n) is 10.8. The Morgan fingerprint density at radius 1 is 0.714 bits per heavy atom. The van der Waals surface area contributed by atoms with E-state index in [-0.39, 0.29) is 11.3 Å². The molecule has 112 valence electrons. The molecule has 0 saturated carbocycles. The van der Waals surface area contributed by atoms with Crippen molar-refractivity contribution < 1.29 is 22.0 Å². The Morgan fingerprint density at radius 2 is 1.29 bits per heavy atom. The molecule has 0 aromatic heterocycles. The quantitative estimate of drug-likeness (QED) is 0.791. The number of halogens is 5. The minimum atomic E-state index is -4.44. The zero-order chi connectivity index (χ0) is 15.5. The molecule has 0 amide bonds. The second-order valence-electron chi connectivity index (χ2n) is 4.50. The summed E-state index contributed by atoms with van der Waals surface area (Å²) in [5.74, 6) is -3.11. The lowest BCUT2D eigenvalue weighted by atomic mass is 10.1. The first-order valence-corrected chi connectivity index (χ1v) is 6.13. The average Bonchev–Trinajstić information content (AvgIpc) is 2.46. The molecule has 1 nitrogen and oxygen atoms in total. The lowest BCUT2D eigenvalue weighted by Crippen LogP contribution is -2.24. The van der Waals surface area contributed by atoms with Crippen molar-refractivity contribution in [1.29, 1.82) is 0 Å². The third kappa shape index (κ3) is 3.93. The van der Waals surface area contributed by atoms with Crippen LogP contribution in [0.4, 0.5) is 27.6 Å². The third-order valence-electron chi connectivity index (χ3n) is 2.92. The number of benzene rings is 2. The van der Waals surface area contributed by atoms with E-state index in [0.29, 0.717) is 0 Å². The number of anilines is 1. The van der Waals surface area contributed by atoms with Crippen LogP contribution >= 0.6 is 0 Å². The molecule has 0 heterocycles. The molecule has 0 spiro atoms. The molecule has 0 aliphatic carbocycles. The molecule has 6 heteroatoms. The summed E-state index contributed by atoms with van der Waals surface area (Å²) in [5.41, 5.74) is -0.758. The number of alkyl halides is 5. The van der Waals surface area contributed by atoms with Crippen molar-refractivity contribution in [2.45, 2.75) is 12.1 Å². The van der Waals surface area contributed by atoms with Crippen LogP contribution in [0.15, 0.2) is 54.6 Å². The van der Waals surface area contributed by atoms with E-state index in [4.69, 9.17) is 0 Å². The Bertz CT molecular complexity index is 575. The van der Waals surface area contributed by atoms with Crippen LogP contribution in [0.3, 0.4) is 0 Å². The van der Waals surface area contributed by atoms with Crippen LogP contribution in [0.25, 0.3) is 0 Å². The van der Waals surface area contributed by atoms with Crippen molar-refractivity contribution in [2.24, 2.45) is 0 Å². The highest BCUT2D eigenvalue weighted by Crippen LogP contribution is 2.31. The Labute approximate surface area is 118 Å². The first-order valence-electron chi connectivity index (χ1n) is 6.13. The van der Waals surface area contributed by atoms with Gasteiger partial charge in [0.25, 0.3) is 5.92 Å². The van der Waals surface area contributed by atoms with Crippen molar-refractivity contribution in [3.8, 4) is 0 Å². The monoisotopic (exact) mass is 301 g/mol. The summed E-state index contributed by atoms with van der Waals surface area (Å²) in [6.45, 7) is -0.692. The summed E-state index contributed by atoms with van der Waals surface area (Å²) in [6, 6.07) is 11.2. The molecular weight excluding hydrogens is 289 g/mol. The van der Waals surface area contributed by atoms with Crippen molar-refractivity contribution in [3.63, 3.8) is 0 Å². The molecule has 0 unspecified atom stereocenters. The summed E-state index contributed by atoms with van der Waals surface area (Å²) in [4.78, 5) is 0. The number of rotatable bonds is 4. The molecule has 0 radical (unpaired) electrons. The van der Waals surface area contributed by atoms with Gasteiger partial charge >= 0.3 is 6.18 Å². The minimum absolute atomic E-state index is 0.149. The first kappa shape index (κ1) is 15.3. The van der Waals surface area contributed by atoms with E-state index in [1.807, 2.05) is 0 Å². The Morgan fingerprint density at radius 3 is 1.81 bits per heavy atom. The zero-order valence-corrected chi connectivity index (χ0v) is 10.8. The van der Waals surface area contributed by atoms with E-state index >= 15 is 0 Å². The maximum atomic E-state index is 13.9. The van der Waals surface area contributed by atoms with E-state index in [0.717, 1.165) is 24.3 Å². The maximum absolute atomic E-state index is 13.9. The molecule has 2 aromatic rings. The standard InChI is InChI=1S/C15H12F5N/c16-14(17,11-4-2-1-3-5-11)10-21-13-8-6-12(7-9-13)15(18,19)20/h1-9,21H,10H2. The highest BCUT2D eigenvalue weighted by atomic mass is 19.4. The van der Waals surface area contributed by atoms with Crippen LogP contribution in [0.2, 0.25) is 0 Å². The summed E-state index contributed by atoms with van der Waals surface area (Å²) < 4.78 is 64.9. The SMILES string of the molecule is FC(F)(F)c1ccc(NCC(F)(F)c2ccccc2)cc1. The molecule has 0 fully saturated rings. The van der Waals surface area contributed by atoms with Gasteiger partial charge in [0.05, 0.1) is 12.1 Å². The van der Waals surface area contributed by atoms with Gasteiger partial charge in [0, 0.05) is 11.3 Å². The van der Waals surface area contributed by atoms with E-state index in [9.17, 15) is 22.0 Å². The van der Waals surface area contributed by atoms with E-state index in [1.54, 1.807) is 6.07 Å². The second kappa shape index (κ2) is 5.71. The van der Waals surface area contributed by atoms with E-state index in [2.05, 4.69) is 5.32 Å². The Kier molecular flexibility index (Phi) is 4.16. The number of hydrogen-bond donors (Lipinski definition) is 1. The highest BCUT2D eigenvalue weighted by molar-refractivity contribution is 5.45. The van der Waals surface area contributed by atoms with Gasteiger partial charge in [-0.1, -0.05) is 30.3 Å². The van der Waals surface area contributed by atoms with Crippen molar-refractivity contribution in [1.82, 2.24) is 0 Å². The van der Waals surface area contributed by atoms with Crippen LogP contribution in [0, 0.1) is 0 Å². The number of nitrogens with one attached hydrogen (secondary N) is 1. The average molecular weight is 301 g/mol. The fraction of sp³-hybridized carbons (Fsp3) is 0.200. The van der Waals surface area contributed by atoms with E-state index in [1.165, 1.54) is 24.3 Å². The lowest BCUT2D eigenvalue weighted by Gasteiger charge is -2.18. The van der Waals surface area contributed by atoms with Gasteiger partial charge in [-0.15, -0.1) is 0 Å². The van der Waals surface area contributed by atoms with Gasteiger partial charge in [0.15, 0.2) is 0 Å². The van der Waals surface area contributed by atoms with Gasteiger partial charge in [-0.05, 0) is 24.3 Å². The summed E-state index contributed by atoms with van der Waals surface area (Å²) in [5, 5.41) is 2.44. The van der Waals surface area contributed by atoms with E-state index < -0.39 is 24.2 Å². The second-order valence-corrected chi connectivity index (χ2v) is 4.50. The molecule has 2 rings (SSSR count). The molecule has 21 heavy (non-hydrogen) atoms. The topological polar surface area (TPSA) is 12.0 Å². The third-order valence-corrected chi connectivity index (χ3v) is 2.92. The summed E-state index contributed by atoms with van der Waals surface area (Å²) in [6.07, 6.45) is -4.44.